The summed E-state index contributed by atoms with van der Waals surface area (Å²) in [5.74, 6) is 0. The second-order valence-corrected chi connectivity index (χ2v) is 15.5. The molecule has 52 heavy (non-hydrogen) atoms. The third-order valence-electron chi connectivity index (χ3n) is 13.4. The van der Waals surface area contributed by atoms with E-state index in [2.05, 4.69) is 161 Å². The average molecular weight is 667 g/mol. The van der Waals surface area contributed by atoms with Crippen LogP contribution in [0.1, 0.15) is 94.5 Å². The molecule has 0 atom stereocenters. The molecule has 4 aliphatic carbocycles. The Bertz CT molecular complexity index is 2390. The molecule has 0 N–H and O–H groups in total. The third kappa shape index (κ3) is 3.45. The van der Waals surface area contributed by atoms with Crippen LogP contribution in [-0.4, -0.2) is 0 Å². The molecule has 0 amide bonds. The van der Waals surface area contributed by atoms with Crippen molar-refractivity contribution in [3.63, 3.8) is 0 Å². The van der Waals surface area contributed by atoms with Gasteiger partial charge in [-0.2, -0.15) is 0 Å². The summed E-state index contributed by atoms with van der Waals surface area (Å²) in [5.41, 5.74) is 27.4. The van der Waals surface area contributed by atoms with E-state index in [-0.39, 0.29) is 10.8 Å². The average Bonchev–Trinajstić information content (AvgIpc) is 3.87. The van der Waals surface area contributed by atoms with Gasteiger partial charge in [-0.3, -0.25) is 0 Å². The molecule has 7 aromatic carbocycles. The predicted molar refractivity (Wildman–Crippen MR) is 217 cm³/mol. The Morgan fingerprint density at radius 3 is 0.846 bits per heavy atom. The van der Waals surface area contributed by atoms with E-state index < -0.39 is 0 Å². The van der Waals surface area contributed by atoms with Gasteiger partial charge in [-0.05, 0) is 149 Å². The Morgan fingerprint density at radius 2 is 0.538 bits per heavy atom. The fourth-order valence-electron chi connectivity index (χ4n) is 10.9. The molecule has 0 saturated heterocycles. The molecule has 0 aromatic heterocycles. The fourth-order valence-corrected chi connectivity index (χ4v) is 10.9. The van der Waals surface area contributed by atoms with E-state index in [4.69, 9.17) is 0 Å². The zero-order valence-electron chi connectivity index (χ0n) is 30.5. The van der Waals surface area contributed by atoms with Crippen LogP contribution in [0.4, 0.5) is 0 Å². The summed E-state index contributed by atoms with van der Waals surface area (Å²) in [6.07, 6.45) is 4.08. The Balaban J connectivity index is 1.31. The van der Waals surface area contributed by atoms with Crippen molar-refractivity contribution in [1.82, 2.24) is 0 Å². The standard InChI is InChI=1S/C52H42/c1-5-31-17-21-37-38-22-18-32(6-2)26-46(38)51(45(37)25-31)43-15-11-9-13-35(43)41-30-50-42(29-49(41)51)36-14-10-12-16-44(36)52(50)47-27-33(7-3)19-23-39(47)40-24-20-34(8-4)28-48(40)52/h9-30H,5-8H2,1-4H3. The Kier molecular flexibility index (Phi) is 6.13. The summed E-state index contributed by atoms with van der Waals surface area (Å²) in [7, 11) is 0. The fraction of sp³-hybridized carbons (Fsp3) is 0.192. The van der Waals surface area contributed by atoms with Gasteiger partial charge in [0.2, 0.25) is 0 Å². The van der Waals surface area contributed by atoms with Gasteiger partial charge in [0.25, 0.3) is 0 Å². The van der Waals surface area contributed by atoms with Gasteiger partial charge in [0, 0.05) is 0 Å². The van der Waals surface area contributed by atoms with E-state index in [1.54, 1.807) is 0 Å². The monoisotopic (exact) mass is 666 g/mol. The van der Waals surface area contributed by atoms with Crippen LogP contribution in [0.25, 0.3) is 44.5 Å². The number of fused-ring (bicyclic) bond motifs is 20. The molecular formula is C52H42. The van der Waals surface area contributed by atoms with Crippen molar-refractivity contribution in [2.24, 2.45) is 0 Å². The van der Waals surface area contributed by atoms with Gasteiger partial charge in [0.1, 0.15) is 0 Å². The van der Waals surface area contributed by atoms with E-state index in [1.807, 2.05) is 0 Å². The maximum Gasteiger partial charge on any atom is 0.0725 e. The molecule has 0 radical (unpaired) electrons. The largest absolute Gasteiger partial charge is 0.0725 e. The van der Waals surface area contributed by atoms with E-state index in [0.29, 0.717) is 0 Å². The summed E-state index contributed by atoms with van der Waals surface area (Å²) >= 11 is 0. The molecular weight excluding hydrogens is 625 g/mol. The van der Waals surface area contributed by atoms with Gasteiger partial charge >= 0.3 is 0 Å². The van der Waals surface area contributed by atoms with Crippen LogP contribution < -0.4 is 0 Å². The van der Waals surface area contributed by atoms with Crippen LogP contribution in [0.3, 0.4) is 0 Å². The number of rotatable bonds is 4. The second kappa shape index (κ2) is 10.5. The van der Waals surface area contributed by atoms with E-state index in [0.717, 1.165) is 25.7 Å². The third-order valence-corrected chi connectivity index (χ3v) is 13.4. The van der Waals surface area contributed by atoms with Crippen LogP contribution in [0.2, 0.25) is 0 Å². The van der Waals surface area contributed by atoms with Crippen LogP contribution >= 0.6 is 0 Å². The van der Waals surface area contributed by atoms with Crippen molar-refractivity contribution in [3.05, 3.63) is 200 Å². The van der Waals surface area contributed by atoms with Crippen LogP contribution in [0.15, 0.2) is 133 Å². The molecule has 0 bridgehead atoms. The maximum atomic E-state index is 2.65. The zero-order chi connectivity index (χ0) is 34.9. The Hall–Kier alpha value is -5.46. The van der Waals surface area contributed by atoms with E-state index in [1.165, 1.54) is 111 Å². The second-order valence-electron chi connectivity index (χ2n) is 15.5. The molecule has 4 aliphatic rings. The van der Waals surface area contributed by atoms with Crippen molar-refractivity contribution in [2.45, 2.75) is 64.2 Å². The number of hydrogen-bond donors (Lipinski definition) is 0. The first-order valence-corrected chi connectivity index (χ1v) is 19.5. The quantitative estimate of drug-likeness (QED) is 0.175. The zero-order valence-corrected chi connectivity index (χ0v) is 30.5. The molecule has 250 valence electrons. The van der Waals surface area contributed by atoms with Crippen molar-refractivity contribution in [3.8, 4) is 44.5 Å². The van der Waals surface area contributed by atoms with Crippen LogP contribution in [-0.2, 0) is 36.5 Å². The lowest BCUT2D eigenvalue weighted by Crippen LogP contribution is -2.27. The van der Waals surface area contributed by atoms with Crippen molar-refractivity contribution in [2.75, 3.05) is 0 Å². The molecule has 0 fully saturated rings. The van der Waals surface area contributed by atoms with Crippen LogP contribution in [0.5, 0.6) is 0 Å². The highest BCUT2D eigenvalue weighted by atomic mass is 14.6. The molecule has 0 saturated carbocycles. The van der Waals surface area contributed by atoms with Gasteiger partial charge in [-0.1, -0.05) is 149 Å². The molecule has 0 aliphatic heterocycles. The van der Waals surface area contributed by atoms with Crippen molar-refractivity contribution < 1.29 is 0 Å². The highest BCUT2D eigenvalue weighted by Gasteiger charge is 2.56. The highest BCUT2D eigenvalue weighted by Crippen LogP contribution is 2.68. The molecule has 0 unspecified atom stereocenters. The van der Waals surface area contributed by atoms with Crippen LogP contribution in [0, 0.1) is 0 Å². The molecule has 11 rings (SSSR count). The Morgan fingerprint density at radius 1 is 0.269 bits per heavy atom. The van der Waals surface area contributed by atoms with Crippen molar-refractivity contribution in [1.29, 1.82) is 0 Å². The normalized spacial score (nSPS) is 15.2. The summed E-state index contributed by atoms with van der Waals surface area (Å²) in [5, 5.41) is 0. The summed E-state index contributed by atoms with van der Waals surface area (Å²) in [6, 6.07) is 53.2. The topological polar surface area (TPSA) is 0 Å². The minimum absolute atomic E-state index is 0.372. The van der Waals surface area contributed by atoms with Gasteiger partial charge in [0.15, 0.2) is 0 Å². The van der Waals surface area contributed by atoms with Gasteiger partial charge in [-0.15, -0.1) is 0 Å². The lowest BCUT2D eigenvalue weighted by atomic mass is 9.68. The maximum absolute atomic E-state index is 2.65. The van der Waals surface area contributed by atoms with Gasteiger partial charge < -0.3 is 0 Å². The van der Waals surface area contributed by atoms with E-state index >= 15 is 0 Å². The first-order valence-electron chi connectivity index (χ1n) is 19.5. The summed E-state index contributed by atoms with van der Waals surface area (Å²) < 4.78 is 0. The Labute approximate surface area is 307 Å². The highest BCUT2D eigenvalue weighted by molar-refractivity contribution is 6.01. The van der Waals surface area contributed by atoms with E-state index in [9.17, 15) is 0 Å². The first kappa shape index (κ1) is 30.2. The predicted octanol–water partition coefficient (Wildman–Crippen LogP) is 12.6. The number of hydrogen-bond acceptors (Lipinski definition) is 0. The molecule has 0 nitrogen and oxygen atoms in total. The lowest BCUT2D eigenvalue weighted by Gasteiger charge is -2.33. The summed E-state index contributed by atoms with van der Waals surface area (Å²) in [4.78, 5) is 0. The minimum atomic E-state index is -0.372. The van der Waals surface area contributed by atoms with Crippen molar-refractivity contribution >= 4 is 0 Å². The molecule has 0 heteroatoms. The molecule has 7 aromatic rings. The minimum Gasteiger partial charge on any atom is -0.0619 e. The van der Waals surface area contributed by atoms with Gasteiger partial charge in [-0.25, -0.2) is 0 Å². The lowest BCUT2D eigenvalue weighted by molar-refractivity contribution is 0.779. The smallest absolute Gasteiger partial charge is 0.0619 e. The molecule has 0 heterocycles. The molecule has 2 spiro atoms. The SMILES string of the molecule is CCc1ccc2c(c1)C1(c3ccccc3-c3cc4c(cc31)-c1ccccc1C41c3cc(CC)ccc3-c3ccc(CC)cc31)c1cc(CC)ccc1-2. The first-order chi connectivity index (χ1) is 25.6. The van der Waals surface area contributed by atoms with Gasteiger partial charge in [0.05, 0.1) is 10.8 Å². The number of aryl methyl sites for hydroxylation is 4. The number of benzene rings is 7. The summed E-state index contributed by atoms with van der Waals surface area (Å²) in [6.45, 7) is 9.15.